The molecule has 168 valence electrons. The molecule has 9 nitrogen and oxygen atoms in total. The predicted octanol–water partition coefficient (Wildman–Crippen LogP) is 1.36. The van der Waals surface area contributed by atoms with E-state index in [4.69, 9.17) is 5.73 Å². The number of Topliss-reactive ketones (excluding diaryl/α,β-unsaturated/α-hetero) is 2. The monoisotopic (exact) mass is 441 g/mol. The smallest absolute Gasteiger partial charge is 0.255 e. The van der Waals surface area contributed by atoms with E-state index in [2.05, 4.69) is 0 Å². The van der Waals surface area contributed by atoms with Gasteiger partial charge in [-0.05, 0) is 41.9 Å². The molecule has 1 fully saturated rings. The minimum absolute atomic E-state index is 0.0556. The van der Waals surface area contributed by atoms with Crippen molar-refractivity contribution >= 4 is 29.5 Å². The second-order valence-electron chi connectivity index (χ2n) is 8.94. The van der Waals surface area contributed by atoms with Gasteiger partial charge in [-0.1, -0.05) is 13.8 Å². The fraction of sp³-hybridized carbons (Fsp3) is 0.391. The molecule has 0 unspecified atom stereocenters. The van der Waals surface area contributed by atoms with Crippen LogP contribution < -0.4 is 5.73 Å². The quantitative estimate of drug-likeness (QED) is 0.345. The van der Waals surface area contributed by atoms with Crippen molar-refractivity contribution in [3.8, 4) is 5.75 Å². The normalized spacial score (nSPS) is 27.2. The SMILES string of the molecule is CC(C)c1cc(C=O)c(O)c2c1C[C@H]1C[C@H]3CC(=O)C(C(N)=O)=C(O)[C@@]3(O)C(=O)C1=C2O. The third-order valence-electron chi connectivity index (χ3n) is 6.88. The number of aliphatic hydroxyl groups is 3. The highest BCUT2D eigenvalue weighted by atomic mass is 16.3. The number of nitrogens with two attached hydrogens (primary N) is 1. The number of hydrogen-bond acceptors (Lipinski definition) is 8. The summed E-state index contributed by atoms with van der Waals surface area (Å²) < 4.78 is 0. The number of primary amides is 1. The molecule has 3 atom stereocenters. The second kappa shape index (κ2) is 7.03. The van der Waals surface area contributed by atoms with Gasteiger partial charge in [0, 0.05) is 17.9 Å². The average Bonchev–Trinajstić information content (AvgIpc) is 2.70. The molecule has 4 rings (SSSR count). The van der Waals surface area contributed by atoms with Crippen LogP contribution in [0.1, 0.15) is 59.7 Å². The molecule has 9 heteroatoms. The van der Waals surface area contributed by atoms with Gasteiger partial charge < -0.3 is 26.2 Å². The number of hydrogen-bond donors (Lipinski definition) is 5. The molecule has 1 aromatic carbocycles. The van der Waals surface area contributed by atoms with Crippen LogP contribution in [-0.2, 0) is 20.8 Å². The molecule has 0 aliphatic heterocycles. The molecular weight excluding hydrogens is 418 g/mol. The van der Waals surface area contributed by atoms with Crippen LogP contribution in [-0.4, -0.2) is 49.8 Å². The predicted molar refractivity (Wildman–Crippen MR) is 111 cm³/mol. The summed E-state index contributed by atoms with van der Waals surface area (Å²) in [6, 6.07) is 1.54. The maximum absolute atomic E-state index is 13.4. The molecule has 32 heavy (non-hydrogen) atoms. The molecule has 1 amide bonds. The number of aliphatic hydroxyl groups excluding tert-OH is 2. The lowest BCUT2D eigenvalue weighted by atomic mass is 9.59. The van der Waals surface area contributed by atoms with Crippen molar-refractivity contribution in [2.45, 2.75) is 44.6 Å². The van der Waals surface area contributed by atoms with Gasteiger partial charge in [0.05, 0.1) is 11.1 Å². The Kier molecular flexibility index (Phi) is 4.78. The number of rotatable bonds is 3. The van der Waals surface area contributed by atoms with E-state index >= 15 is 0 Å². The number of ketones is 2. The highest BCUT2D eigenvalue weighted by Crippen LogP contribution is 2.53. The molecule has 0 saturated heterocycles. The van der Waals surface area contributed by atoms with E-state index in [-0.39, 0.29) is 41.9 Å². The van der Waals surface area contributed by atoms with Crippen molar-refractivity contribution in [1.82, 2.24) is 0 Å². The zero-order valence-corrected chi connectivity index (χ0v) is 17.5. The second-order valence-corrected chi connectivity index (χ2v) is 8.94. The number of fused-ring (bicyclic) bond motifs is 3. The average molecular weight is 441 g/mol. The molecular formula is C23H23NO8. The van der Waals surface area contributed by atoms with Crippen molar-refractivity contribution in [3.05, 3.63) is 45.2 Å². The van der Waals surface area contributed by atoms with Gasteiger partial charge in [-0.3, -0.25) is 19.2 Å². The summed E-state index contributed by atoms with van der Waals surface area (Å²) in [5, 5.41) is 43.4. The number of phenolic OH excluding ortho intramolecular Hbond substituents is 1. The number of benzene rings is 1. The highest BCUT2D eigenvalue weighted by Gasteiger charge is 2.60. The molecule has 0 spiro atoms. The van der Waals surface area contributed by atoms with Gasteiger partial charge in [-0.15, -0.1) is 0 Å². The van der Waals surface area contributed by atoms with Gasteiger partial charge in [0.25, 0.3) is 5.91 Å². The first-order chi connectivity index (χ1) is 14.9. The summed E-state index contributed by atoms with van der Waals surface area (Å²) in [5.41, 5.74) is 2.68. The fourth-order valence-corrected chi connectivity index (χ4v) is 5.34. The zero-order valence-electron chi connectivity index (χ0n) is 17.5. The first kappa shape index (κ1) is 21.8. The number of amides is 1. The largest absolute Gasteiger partial charge is 0.508 e. The lowest BCUT2D eigenvalue weighted by molar-refractivity contribution is -0.147. The minimum Gasteiger partial charge on any atom is -0.508 e. The Balaban J connectivity index is 1.98. The molecule has 0 heterocycles. The van der Waals surface area contributed by atoms with E-state index in [1.807, 2.05) is 13.8 Å². The maximum atomic E-state index is 13.4. The van der Waals surface area contributed by atoms with Crippen LogP contribution in [0.25, 0.3) is 5.76 Å². The topological polar surface area (TPSA) is 175 Å². The Bertz CT molecular complexity index is 1170. The summed E-state index contributed by atoms with van der Waals surface area (Å²) in [6.45, 7) is 3.77. The summed E-state index contributed by atoms with van der Waals surface area (Å²) in [7, 11) is 0. The lowest BCUT2D eigenvalue weighted by Gasteiger charge is -2.46. The van der Waals surface area contributed by atoms with Gasteiger partial charge >= 0.3 is 0 Å². The van der Waals surface area contributed by atoms with E-state index in [0.29, 0.717) is 11.8 Å². The standard InChI is InChI=1S/C23H23NO8/c1-8(2)12-5-10(7-25)18(27)16-13(12)4-9-3-11-6-14(26)17(22(24)31)21(30)23(11,32)20(29)15(9)19(16)28/h5,7-9,11,27-28,30,32H,3-4,6H2,1-2H3,(H2,24,31)/t9-,11+,23+/m1/s1. The molecule has 0 bridgehead atoms. The van der Waals surface area contributed by atoms with Crippen LogP contribution in [0.4, 0.5) is 0 Å². The van der Waals surface area contributed by atoms with Crippen LogP contribution in [0.2, 0.25) is 0 Å². The third kappa shape index (κ3) is 2.67. The van der Waals surface area contributed by atoms with Crippen LogP contribution in [0, 0.1) is 11.8 Å². The lowest BCUT2D eigenvalue weighted by Crippen LogP contribution is -2.58. The number of carbonyl (C=O) groups is 4. The van der Waals surface area contributed by atoms with E-state index in [9.17, 15) is 39.6 Å². The summed E-state index contributed by atoms with van der Waals surface area (Å²) in [6.07, 6.45) is 0.359. The van der Waals surface area contributed by atoms with Gasteiger partial charge in [-0.25, -0.2) is 0 Å². The fourth-order valence-electron chi connectivity index (χ4n) is 5.34. The van der Waals surface area contributed by atoms with Gasteiger partial charge in [0.1, 0.15) is 22.8 Å². The summed E-state index contributed by atoms with van der Waals surface area (Å²) in [4.78, 5) is 48.9. The number of aromatic hydroxyl groups is 1. The minimum atomic E-state index is -2.60. The van der Waals surface area contributed by atoms with Crippen LogP contribution in [0.3, 0.4) is 0 Å². The first-order valence-electron chi connectivity index (χ1n) is 10.3. The number of phenols is 1. The van der Waals surface area contributed by atoms with Crippen molar-refractivity contribution in [1.29, 1.82) is 0 Å². The first-order valence-corrected chi connectivity index (χ1v) is 10.3. The molecule has 0 radical (unpaired) electrons. The Morgan fingerprint density at radius 3 is 2.44 bits per heavy atom. The molecule has 0 aromatic heterocycles. The Hall–Kier alpha value is -3.46. The van der Waals surface area contributed by atoms with Crippen molar-refractivity contribution in [2.24, 2.45) is 17.6 Å². The number of carbonyl (C=O) groups excluding carboxylic acids is 4. The van der Waals surface area contributed by atoms with E-state index in [0.717, 1.165) is 5.56 Å². The van der Waals surface area contributed by atoms with Crippen molar-refractivity contribution in [3.63, 3.8) is 0 Å². The van der Waals surface area contributed by atoms with Gasteiger partial charge in [0.2, 0.25) is 5.78 Å². The van der Waals surface area contributed by atoms with E-state index < -0.39 is 57.8 Å². The third-order valence-corrected chi connectivity index (χ3v) is 6.88. The Morgan fingerprint density at radius 2 is 1.88 bits per heavy atom. The zero-order chi connectivity index (χ0) is 23.7. The highest BCUT2D eigenvalue weighted by molar-refractivity contribution is 6.22. The van der Waals surface area contributed by atoms with E-state index in [1.165, 1.54) is 0 Å². The number of aldehydes is 1. The van der Waals surface area contributed by atoms with Crippen LogP contribution in [0.15, 0.2) is 23.0 Å². The van der Waals surface area contributed by atoms with E-state index in [1.54, 1.807) is 6.07 Å². The molecule has 6 N–H and O–H groups in total. The van der Waals surface area contributed by atoms with Crippen molar-refractivity contribution < 1.29 is 39.6 Å². The van der Waals surface area contributed by atoms with Gasteiger partial charge in [0.15, 0.2) is 17.7 Å². The van der Waals surface area contributed by atoms with Gasteiger partial charge in [-0.2, -0.15) is 0 Å². The summed E-state index contributed by atoms with van der Waals surface area (Å²) >= 11 is 0. The molecule has 3 aliphatic carbocycles. The molecule has 3 aliphatic rings. The Morgan fingerprint density at radius 1 is 1.22 bits per heavy atom. The molecule has 1 saturated carbocycles. The van der Waals surface area contributed by atoms with Crippen LogP contribution in [0.5, 0.6) is 5.75 Å². The van der Waals surface area contributed by atoms with Crippen molar-refractivity contribution in [2.75, 3.05) is 0 Å². The summed E-state index contributed by atoms with van der Waals surface area (Å²) in [5.74, 6) is -6.97. The maximum Gasteiger partial charge on any atom is 0.255 e. The Labute approximate surface area is 182 Å². The molecule has 1 aromatic rings. The van der Waals surface area contributed by atoms with Crippen LogP contribution >= 0.6 is 0 Å².